The Labute approximate surface area is 67.8 Å². The van der Waals surface area contributed by atoms with Crippen LogP contribution < -0.4 is 5.73 Å². The van der Waals surface area contributed by atoms with Gasteiger partial charge < -0.3 is 10.8 Å². The molecule has 11 heavy (non-hydrogen) atoms. The van der Waals surface area contributed by atoms with Gasteiger partial charge >= 0.3 is 0 Å². The van der Waals surface area contributed by atoms with E-state index in [1.807, 2.05) is 0 Å². The van der Waals surface area contributed by atoms with Gasteiger partial charge in [-0.15, -0.1) is 0 Å². The molecule has 0 bridgehead atoms. The van der Waals surface area contributed by atoms with Crippen molar-refractivity contribution in [2.45, 2.75) is 50.7 Å². The second kappa shape index (κ2) is 2.46. The lowest BCUT2D eigenvalue weighted by Gasteiger charge is -2.31. The fourth-order valence-electron chi connectivity index (χ4n) is 2.90. The summed E-state index contributed by atoms with van der Waals surface area (Å²) in [5, 5.41) is 9.77. The highest BCUT2D eigenvalue weighted by molar-refractivity contribution is 5.02. The quantitative estimate of drug-likeness (QED) is 0.549. The highest BCUT2D eigenvalue weighted by Crippen LogP contribution is 2.49. The summed E-state index contributed by atoms with van der Waals surface area (Å²) in [4.78, 5) is 0. The Morgan fingerprint density at radius 1 is 1.18 bits per heavy atom. The lowest BCUT2D eigenvalue weighted by molar-refractivity contribution is 0.0488. The summed E-state index contributed by atoms with van der Waals surface area (Å²) in [6, 6.07) is 0.278. The molecular weight excluding hydrogens is 138 g/mol. The zero-order valence-corrected chi connectivity index (χ0v) is 6.92. The smallest absolute Gasteiger partial charge is 0.0611 e. The van der Waals surface area contributed by atoms with E-state index in [1.54, 1.807) is 0 Å². The van der Waals surface area contributed by atoms with Crippen LogP contribution in [0.3, 0.4) is 0 Å². The lowest BCUT2D eigenvalue weighted by atomic mass is 9.79. The molecular formula is C9H17NO. The van der Waals surface area contributed by atoms with Crippen LogP contribution in [0.1, 0.15) is 38.5 Å². The number of rotatable bonds is 0. The van der Waals surface area contributed by atoms with Crippen LogP contribution in [0.5, 0.6) is 0 Å². The van der Waals surface area contributed by atoms with Gasteiger partial charge in [-0.2, -0.15) is 0 Å². The van der Waals surface area contributed by atoms with Crippen LogP contribution in [0.25, 0.3) is 0 Å². The number of aliphatic hydroxyl groups is 1. The van der Waals surface area contributed by atoms with E-state index in [0.29, 0.717) is 0 Å². The van der Waals surface area contributed by atoms with E-state index < -0.39 is 0 Å². The Balaban J connectivity index is 2.19. The molecule has 2 atom stereocenters. The predicted molar refractivity (Wildman–Crippen MR) is 44.1 cm³/mol. The fraction of sp³-hybridized carbons (Fsp3) is 1.00. The van der Waals surface area contributed by atoms with Crippen molar-refractivity contribution >= 4 is 0 Å². The van der Waals surface area contributed by atoms with Crippen LogP contribution in [0.2, 0.25) is 0 Å². The molecule has 2 heteroatoms. The van der Waals surface area contributed by atoms with E-state index in [1.165, 1.54) is 12.8 Å². The first kappa shape index (κ1) is 7.56. The fourth-order valence-corrected chi connectivity index (χ4v) is 2.90. The maximum Gasteiger partial charge on any atom is 0.0611 e. The topological polar surface area (TPSA) is 46.2 Å². The van der Waals surface area contributed by atoms with E-state index in [9.17, 15) is 5.11 Å². The second-order valence-electron chi connectivity index (χ2n) is 4.14. The van der Waals surface area contributed by atoms with Crippen molar-refractivity contribution < 1.29 is 5.11 Å². The minimum Gasteiger partial charge on any atom is -0.392 e. The lowest BCUT2D eigenvalue weighted by Crippen LogP contribution is -2.41. The Kier molecular flexibility index (Phi) is 1.69. The zero-order valence-electron chi connectivity index (χ0n) is 6.92. The number of aliphatic hydroxyl groups excluding tert-OH is 1. The molecule has 0 aliphatic heterocycles. The molecule has 3 N–H and O–H groups in total. The molecule has 0 radical (unpaired) electrons. The van der Waals surface area contributed by atoms with Gasteiger partial charge in [0.05, 0.1) is 6.10 Å². The van der Waals surface area contributed by atoms with Crippen molar-refractivity contribution in [3.8, 4) is 0 Å². The van der Waals surface area contributed by atoms with Crippen molar-refractivity contribution in [2.24, 2.45) is 11.1 Å². The van der Waals surface area contributed by atoms with Gasteiger partial charge in [0.2, 0.25) is 0 Å². The van der Waals surface area contributed by atoms with Gasteiger partial charge in [0.1, 0.15) is 0 Å². The highest BCUT2D eigenvalue weighted by atomic mass is 16.3. The SMILES string of the molecule is NC1CCC(O)C12CCCC2. The van der Waals surface area contributed by atoms with Gasteiger partial charge in [0.25, 0.3) is 0 Å². The predicted octanol–water partition coefficient (Wildman–Crippen LogP) is 1.03. The van der Waals surface area contributed by atoms with Crippen LogP contribution in [-0.4, -0.2) is 17.3 Å². The first-order valence-electron chi connectivity index (χ1n) is 4.69. The third kappa shape index (κ3) is 0.926. The zero-order chi connectivity index (χ0) is 7.90. The number of hydrogen-bond acceptors (Lipinski definition) is 2. The summed E-state index contributed by atoms with van der Waals surface area (Å²) in [6.45, 7) is 0. The summed E-state index contributed by atoms with van der Waals surface area (Å²) in [6.07, 6.45) is 6.72. The first-order chi connectivity index (χ1) is 5.26. The van der Waals surface area contributed by atoms with Crippen LogP contribution in [-0.2, 0) is 0 Å². The Morgan fingerprint density at radius 2 is 1.82 bits per heavy atom. The molecule has 1 spiro atoms. The summed E-state index contributed by atoms with van der Waals surface area (Å²) in [5.41, 5.74) is 6.14. The summed E-state index contributed by atoms with van der Waals surface area (Å²) < 4.78 is 0. The molecule has 2 aliphatic carbocycles. The van der Waals surface area contributed by atoms with Gasteiger partial charge in [-0.25, -0.2) is 0 Å². The molecule has 2 rings (SSSR count). The average Bonchev–Trinajstić information content (AvgIpc) is 2.56. The molecule has 0 amide bonds. The summed E-state index contributed by atoms with van der Waals surface area (Å²) in [5.74, 6) is 0. The van der Waals surface area contributed by atoms with Crippen molar-refractivity contribution in [1.29, 1.82) is 0 Å². The second-order valence-corrected chi connectivity index (χ2v) is 4.14. The van der Waals surface area contributed by atoms with Gasteiger partial charge in [-0.3, -0.25) is 0 Å². The van der Waals surface area contributed by atoms with Gasteiger partial charge in [0.15, 0.2) is 0 Å². The van der Waals surface area contributed by atoms with Gasteiger partial charge in [-0.1, -0.05) is 12.8 Å². The van der Waals surface area contributed by atoms with E-state index >= 15 is 0 Å². The Bertz CT molecular complexity index is 140. The first-order valence-corrected chi connectivity index (χ1v) is 4.69. The van der Waals surface area contributed by atoms with E-state index in [4.69, 9.17) is 5.73 Å². The standard InChI is InChI=1S/C9H17NO/c10-7-3-4-8(11)9(7)5-1-2-6-9/h7-8,11H,1-6,10H2. The summed E-state index contributed by atoms with van der Waals surface area (Å²) in [7, 11) is 0. The largest absolute Gasteiger partial charge is 0.392 e. The minimum absolute atomic E-state index is 0.0972. The molecule has 0 aromatic rings. The third-order valence-electron chi connectivity index (χ3n) is 3.69. The molecule has 2 fully saturated rings. The molecule has 2 nitrogen and oxygen atoms in total. The minimum atomic E-state index is -0.0972. The van der Waals surface area contributed by atoms with Crippen molar-refractivity contribution in [2.75, 3.05) is 0 Å². The van der Waals surface area contributed by atoms with Gasteiger partial charge in [0, 0.05) is 11.5 Å². The Morgan fingerprint density at radius 3 is 2.27 bits per heavy atom. The molecule has 0 aromatic carbocycles. The summed E-state index contributed by atoms with van der Waals surface area (Å²) >= 11 is 0. The molecule has 2 unspecified atom stereocenters. The molecule has 0 aromatic heterocycles. The van der Waals surface area contributed by atoms with Crippen LogP contribution >= 0.6 is 0 Å². The number of nitrogens with two attached hydrogens (primary N) is 1. The maximum absolute atomic E-state index is 9.77. The monoisotopic (exact) mass is 155 g/mol. The van der Waals surface area contributed by atoms with Crippen LogP contribution in [0, 0.1) is 5.41 Å². The molecule has 2 saturated carbocycles. The van der Waals surface area contributed by atoms with E-state index in [0.717, 1.165) is 25.7 Å². The number of hydrogen-bond donors (Lipinski definition) is 2. The normalized spacial score (nSPS) is 42.0. The molecule has 2 aliphatic rings. The van der Waals surface area contributed by atoms with Crippen molar-refractivity contribution in [1.82, 2.24) is 0 Å². The maximum atomic E-state index is 9.77. The van der Waals surface area contributed by atoms with Crippen LogP contribution in [0.4, 0.5) is 0 Å². The van der Waals surface area contributed by atoms with Crippen molar-refractivity contribution in [3.05, 3.63) is 0 Å². The third-order valence-corrected chi connectivity index (χ3v) is 3.69. The van der Waals surface area contributed by atoms with E-state index in [-0.39, 0.29) is 17.6 Å². The molecule has 0 heterocycles. The van der Waals surface area contributed by atoms with Crippen LogP contribution in [0.15, 0.2) is 0 Å². The average molecular weight is 155 g/mol. The highest BCUT2D eigenvalue weighted by Gasteiger charge is 2.49. The molecule has 0 saturated heterocycles. The molecule has 64 valence electrons. The van der Waals surface area contributed by atoms with Crippen molar-refractivity contribution in [3.63, 3.8) is 0 Å². The van der Waals surface area contributed by atoms with Gasteiger partial charge in [-0.05, 0) is 25.7 Å². The Hall–Kier alpha value is -0.0800. The van der Waals surface area contributed by atoms with E-state index in [2.05, 4.69) is 0 Å².